The summed E-state index contributed by atoms with van der Waals surface area (Å²) < 4.78 is 0. The molecule has 2 aromatic carbocycles. The predicted molar refractivity (Wildman–Crippen MR) is 103 cm³/mol. The number of nitrogens with one attached hydrogen (secondary N) is 1. The first-order chi connectivity index (χ1) is 11.7. The fourth-order valence-electron chi connectivity index (χ4n) is 3.11. The van der Waals surface area contributed by atoms with E-state index in [9.17, 15) is 4.79 Å². The second-order valence-electron chi connectivity index (χ2n) is 6.20. The van der Waals surface area contributed by atoms with Gasteiger partial charge in [0, 0.05) is 29.8 Å². The van der Waals surface area contributed by atoms with E-state index >= 15 is 0 Å². The fraction of sp³-hybridized carbons (Fsp3) is 0.350. The zero-order chi connectivity index (χ0) is 16.8. The molecule has 0 bridgehead atoms. The van der Waals surface area contributed by atoms with E-state index in [1.54, 1.807) is 0 Å². The summed E-state index contributed by atoms with van der Waals surface area (Å²) in [7, 11) is 0. The van der Waals surface area contributed by atoms with Crippen molar-refractivity contribution in [2.75, 3.05) is 23.7 Å². The molecule has 1 aliphatic heterocycles. The number of fused-ring (bicyclic) bond motifs is 1. The van der Waals surface area contributed by atoms with Crippen molar-refractivity contribution in [2.45, 2.75) is 25.1 Å². The minimum Gasteiger partial charge on any atom is -0.359 e. The van der Waals surface area contributed by atoms with E-state index in [4.69, 9.17) is 0 Å². The Bertz CT molecular complexity index is 674. The Morgan fingerprint density at radius 2 is 1.92 bits per heavy atom. The third kappa shape index (κ3) is 4.32. The molecule has 126 valence electrons. The van der Waals surface area contributed by atoms with Gasteiger partial charge in [0.15, 0.2) is 0 Å². The van der Waals surface area contributed by atoms with Gasteiger partial charge < -0.3 is 10.2 Å². The molecule has 2 aromatic rings. The van der Waals surface area contributed by atoms with Gasteiger partial charge >= 0.3 is 0 Å². The molecule has 1 atom stereocenters. The number of hydrogen-bond acceptors (Lipinski definition) is 3. The summed E-state index contributed by atoms with van der Waals surface area (Å²) in [4.78, 5) is 14.4. The molecule has 0 aromatic heterocycles. The monoisotopic (exact) mass is 340 g/mol. The van der Waals surface area contributed by atoms with Crippen molar-refractivity contribution in [1.82, 2.24) is 5.32 Å². The van der Waals surface area contributed by atoms with Gasteiger partial charge in [-0.1, -0.05) is 48.5 Å². The van der Waals surface area contributed by atoms with E-state index in [1.165, 1.54) is 16.8 Å². The van der Waals surface area contributed by atoms with Gasteiger partial charge in [-0.05, 0) is 30.5 Å². The highest BCUT2D eigenvalue weighted by molar-refractivity contribution is 7.98. The lowest BCUT2D eigenvalue weighted by Gasteiger charge is -2.24. The minimum absolute atomic E-state index is 0.110. The number of carbonyl (C=O) groups excluding carboxylic acids is 1. The highest BCUT2D eigenvalue weighted by atomic mass is 32.2. The smallest absolute Gasteiger partial charge is 0.239 e. The first-order valence-corrected chi connectivity index (χ1v) is 9.62. The van der Waals surface area contributed by atoms with Crippen molar-refractivity contribution >= 4 is 23.4 Å². The molecule has 1 aliphatic rings. The van der Waals surface area contributed by atoms with E-state index in [1.807, 2.05) is 23.9 Å². The average molecular weight is 340 g/mol. The Hall–Kier alpha value is -1.94. The summed E-state index contributed by atoms with van der Waals surface area (Å²) in [5.41, 5.74) is 3.88. The fourth-order valence-corrected chi connectivity index (χ4v) is 3.93. The molecule has 0 spiro atoms. The molecular formula is C20H24N2OS. The maximum atomic E-state index is 12.2. The van der Waals surface area contributed by atoms with Crippen molar-refractivity contribution in [2.24, 2.45) is 0 Å². The Kier molecular flexibility index (Phi) is 5.81. The Morgan fingerprint density at radius 1 is 1.17 bits per heavy atom. The molecule has 1 heterocycles. The summed E-state index contributed by atoms with van der Waals surface area (Å²) in [5.74, 6) is 2.04. The van der Waals surface area contributed by atoms with Gasteiger partial charge in [0.25, 0.3) is 0 Å². The summed E-state index contributed by atoms with van der Waals surface area (Å²) >= 11 is 1.85. The largest absolute Gasteiger partial charge is 0.359 e. The normalized spacial score (nSPS) is 16.0. The second-order valence-corrected chi connectivity index (χ2v) is 7.30. The van der Waals surface area contributed by atoms with Crippen LogP contribution in [0.2, 0.25) is 0 Å². The molecule has 0 radical (unpaired) electrons. The molecule has 0 saturated heterocycles. The lowest BCUT2D eigenvalue weighted by Crippen LogP contribution is -2.40. The quantitative estimate of drug-likeness (QED) is 0.783. The van der Waals surface area contributed by atoms with Gasteiger partial charge in [0.2, 0.25) is 5.91 Å². The topological polar surface area (TPSA) is 32.3 Å². The number of hydrogen-bond donors (Lipinski definition) is 1. The maximum absolute atomic E-state index is 12.2. The zero-order valence-corrected chi connectivity index (χ0v) is 14.9. The van der Waals surface area contributed by atoms with Gasteiger partial charge in [0.1, 0.15) is 0 Å². The van der Waals surface area contributed by atoms with Gasteiger partial charge in [-0.3, -0.25) is 4.79 Å². The summed E-state index contributed by atoms with van der Waals surface area (Å²) in [6.45, 7) is 3.35. The highest BCUT2D eigenvalue weighted by Crippen LogP contribution is 2.31. The SMILES string of the molecule is C[C@@H]1Cc2ccccc2N1CC(=O)NCCSCc1ccccc1. The van der Waals surface area contributed by atoms with Crippen LogP contribution < -0.4 is 10.2 Å². The zero-order valence-electron chi connectivity index (χ0n) is 14.1. The summed E-state index contributed by atoms with van der Waals surface area (Å²) in [6, 6.07) is 19.2. The predicted octanol–water partition coefficient (Wildman–Crippen LogP) is 3.49. The molecule has 1 N–H and O–H groups in total. The van der Waals surface area contributed by atoms with Crippen molar-refractivity contribution < 1.29 is 4.79 Å². The minimum atomic E-state index is 0.110. The number of amides is 1. The van der Waals surface area contributed by atoms with Crippen LogP contribution in [0.5, 0.6) is 0 Å². The molecule has 3 rings (SSSR count). The van der Waals surface area contributed by atoms with Gasteiger partial charge in [-0.2, -0.15) is 11.8 Å². The Morgan fingerprint density at radius 3 is 2.75 bits per heavy atom. The van der Waals surface area contributed by atoms with Crippen molar-refractivity contribution in [3.05, 3.63) is 65.7 Å². The Labute approximate surface area is 148 Å². The lowest BCUT2D eigenvalue weighted by atomic mass is 10.1. The van der Waals surface area contributed by atoms with Crippen LogP contribution in [-0.2, 0) is 17.0 Å². The third-order valence-electron chi connectivity index (χ3n) is 4.34. The summed E-state index contributed by atoms with van der Waals surface area (Å²) in [5, 5.41) is 3.05. The summed E-state index contributed by atoms with van der Waals surface area (Å²) in [6.07, 6.45) is 1.02. The number of benzene rings is 2. The van der Waals surface area contributed by atoms with E-state index < -0.39 is 0 Å². The number of anilines is 1. The van der Waals surface area contributed by atoms with E-state index in [0.29, 0.717) is 12.6 Å². The van der Waals surface area contributed by atoms with Gasteiger partial charge in [0.05, 0.1) is 6.54 Å². The molecule has 24 heavy (non-hydrogen) atoms. The molecular weight excluding hydrogens is 316 g/mol. The van der Waals surface area contributed by atoms with Crippen LogP contribution in [0.25, 0.3) is 0 Å². The van der Waals surface area contributed by atoms with E-state index in [0.717, 1.165) is 24.5 Å². The highest BCUT2D eigenvalue weighted by Gasteiger charge is 2.26. The van der Waals surface area contributed by atoms with Crippen LogP contribution in [0.4, 0.5) is 5.69 Å². The van der Waals surface area contributed by atoms with Crippen LogP contribution in [0.15, 0.2) is 54.6 Å². The molecule has 1 amide bonds. The number of carbonyl (C=O) groups is 1. The van der Waals surface area contributed by atoms with Crippen molar-refractivity contribution in [1.29, 1.82) is 0 Å². The average Bonchev–Trinajstić information content (AvgIpc) is 2.91. The van der Waals surface area contributed by atoms with Crippen LogP contribution >= 0.6 is 11.8 Å². The van der Waals surface area contributed by atoms with E-state index in [2.05, 4.69) is 59.6 Å². The molecule has 0 unspecified atom stereocenters. The van der Waals surface area contributed by atoms with Crippen molar-refractivity contribution in [3.8, 4) is 0 Å². The van der Waals surface area contributed by atoms with Crippen LogP contribution in [0.1, 0.15) is 18.1 Å². The number of nitrogens with zero attached hydrogens (tertiary/aromatic N) is 1. The second kappa shape index (κ2) is 8.25. The standard InChI is InChI=1S/C20H24N2OS/c1-16-13-18-9-5-6-10-19(18)22(16)14-20(23)21-11-12-24-15-17-7-3-2-4-8-17/h2-10,16H,11-15H2,1H3,(H,21,23)/t16-/m1/s1. The van der Waals surface area contributed by atoms with Crippen LogP contribution in [-0.4, -0.2) is 30.8 Å². The molecule has 0 fully saturated rings. The number of para-hydroxylation sites is 1. The molecule has 3 nitrogen and oxygen atoms in total. The lowest BCUT2D eigenvalue weighted by molar-refractivity contribution is -0.119. The van der Waals surface area contributed by atoms with Crippen LogP contribution in [0.3, 0.4) is 0 Å². The van der Waals surface area contributed by atoms with Crippen molar-refractivity contribution in [3.63, 3.8) is 0 Å². The molecule has 0 aliphatic carbocycles. The number of rotatable bonds is 7. The van der Waals surface area contributed by atoms with Gasteiger partial charge in [-0.25, -0.2) is 0 Å². The molecule has 4 heteroatoms. The van der Waals surface area contributed by atoms with E-state index in [-0.39, 0.29) is 5.91 Å². The van der Waals surface area contributed by atoms with Gasteiger partial charge in [-0.15, -0.1) is 0 Å². The van der Waals surface area contributed by atoms with Crippen LogP contribution in [0, 0.1) is 0 Å². The Balaban J connectivity index is 1.39. The maximum Gasteiger partial charge on any atom is 0.239 e. The first kappa shape index (κ1) is 16.9. The first-order valence-electron chi connectivity index (χ1n) is 8.47. The number of thioether (sulfide) groups is 1. The molecule has 0 saturated carbocycles. The third-order valence-corrected chi connectivity index (χ3v) is 5.37.